The van der Waals surface area contributed by atoms with Gasteiger partial charge in [-0.05, 0) is 43.2 Å². The molecule has 0 radical (unpaired) electrons. The van der Waals surface area contributed by atoms with Crippen molar-refractivity contribution in [3.8, 4) is 11.5 Å². The van der Waals surface area contributed by atoms with Crippen LogP contribution in [0.3, 0.4) is 0 Å². The standard InChI is InChI=1S/C15H16ClNO2/c1-3-13-15(6-4-10(2)17-13)19-14-7-5-11(9-18)8-12(14)16/h4-8,18H,3,9H2,1-2H3. The minimum atomic E-state index is -0.0354. The van der Waals surface area contributed by atoms with E-state index in [2.05, 4.69) is 4.98 Å². The van der Waals surface area contributed by atoms with E-state index in [9.17, 15) is 0 Å². The Kier molecular flexibility index (Phi) is 4.40. The molecule has 1 heterocycles. The van der Waals surface area contributed by atoms with Gasteiger partial charge in [-0.3, -0.25) is 4.98 Å². The first kappa shape index (κ1) is 13.8. The van der Waals surface area contributed by atoms with Crippen molar-refractivity contribution in [3.05, 3.63) is 52.3 Å². The number of aromatic nitrogens is 1. The van der Waals surface area contributed by atoms with Gasteiger partial charge in [-0.2, -0.15) is 0 Å². The van der Waals surface area contributed by atoms with Gasteiger partial charge in [0, 0.05) is 5.69 Å². The van der Waals surface area contributed by atoms with Crippen molar-refractivity contribution in [2.45, 2.75) is 26.9 Å². The number of nitrogens with zero attached hydrogens (tertiary/aromatic N) is 1. The van der Waals surface area contributed by atoms with Gasteiger partial charge >= 0.3 is 0 Å². The smallest absolute Gasteiger partial charge is 0.148 e. The fourth-order valence-electron chi connectivity index (χ4n) is 1.79. The number of hydrogen-bond donors (Lipinski definition) is 1. The average Bonchev–Trinajstić information content (AvgIpc) is 2.42. The summed E-state index contributed by atoms with van der Waals surface area (Å²) in [6.07, 6.45) is 0.795. The van der Waals surface area contributed by atoms with E-state index in [1.54, 1.807) is 18.2 Å². The van der Waals surface area contributed by atoms with E-state index in [0.717, 1.165) is 23.4 Å². The van der Waals surface area contributed by atoms with E-state index in [1.165, 1.54) is 0 Å². The molecule has 0 unspecified atom stereocenters. The molecule has 1 N–H and O–H groups in total. The fraction of sp³-hybridized carbons (Fsp3) is 0.267. The summed E-state index contributed by atoms with van der Waals surface area (Å²) in [5, 5.41) is 9.53. The predicted octanol–water partition coefficient (Wildman–Crippen LogP) is 3.89. The van der Waals surface area contributed by atoms with Crippen LogP contribution in [0.4, 0.5) is 0 Å². The number of rotatable bonds is 4. The minimum Gasteiger partial charge on any atom is -0.454 e. The normalized spacial score (nSPS) is 10.5. The Hall–Kier alpha value is -1.58. The molecule has 0 bridgehead atoms. The first-order chi connectivity index (χ1) is 9.13. The maximum atomic E-state index is 9.05. The molecule has 2 aromatic rings. The van der Waals surface area contributed by atoms with Gasteiger partial charge in [0.15, 0.2) is 0 Å². The van der Waals surface area contributed by atoms with E-state index in [1.807, 2.05) is 26.0 Å². The Morgan fingerprint density at radius 1 is 1.21 bits per heavy atom. The van der Waals surface area contributed by atoms with Crippen LogP contribution in [0.1, 0.15) is 23.9 Å². The Balaban J connectivity index is 2.31. The molecule has 0 spiro atoms. The summed E-state index contributed by atoms with van der Waals surface area (Å²) in [7, 11) is 0. The highest BCUT2D eigenvalue weighted by molar-refractivity contribution is 6.32. The van der Waals surface area contributed by atoms with Gasteiger partial charge in [0.05, 0.1) is 17.3 Å². The lowest BCUT2D eigenvalue weighted by Gasteiger charge is -2.11. The predicted molar refractivity (Wildman–Crippen MR) is 75.8 cm³/mol. The SMILES string of the molecule is CCc1nc(C)ccc1Oc1ccc(CO)cc1Cl. The minimum absolute atomic E-state index is 0.0354. The third-order valence-corrected chi connectivity index (χ3v) is 3.10. The number of aryl methyl sites for hydroxylation is 2. The number of aliphatic hydroxyl groups is 1. The summed E-state index contributed by atoms with van der Waals surface area (Å²) in [5.74, 6) is 1.28. The van der Waals surface area contributed by atoms with Crippen molar-refractivity contribution in [3.63, 3.8) is 0 Å². The van der Waals surface area contributed by atoms with Gasteiger partial charge in [0.1, 0.15) is 11.5 Å². The molecule has 0 atom stereocenters. The van der Waals surface area contributed by atoms with Crippen molar-refractivity contribution < 1.29 is 9.84 Å². The van der Waals surface area contributed by atoms with Crippen molar-refractivity contribution in [1.29, 1.82) is 0 Å². The fourth-order valence-corrected chi connectivity index (χ4v) is 2.03. The molecule has 0 amide bonds. The topological polar surface area (TPSA) is 42.4 Å². The summed E-state index contributed by atoms with van der Waals surface area (Å²) in [6, 6.07) is 9.05. The first-order valence-electron chi connectivity index (χ1n) is 6.17. The molecule has 4 heteroatoms. The first-order valence-corrected chi connectivity index (χ1v) is 6.55. The van der Waals surface area contributed by atoms with Gasteiger partial charge in [0.2, 0.25) is 0 Å². The van der Waals surface area contributed by atoms with Crippen LogP contribution in [0, 0.1) is 6.92 Å². The number of aliphatic hydroxyl groups excluding tert-OH is 1. The number of ether oxygens (including phenoxy) is 1. The summed E-state index contributed by atoms with van der Waals surface area (Å²) >= 11 is 6.13. The van der Waals surface area contributed by atoms with Crippen LogP contribution in [-0.4, -0.2) is 10.1 Å². The summed E-state index contributed by atoms with van der Waals surface area (Å²) in [6.45, 7) is 3.95. The highest BCUT2D eigenvalue weighted by Crippen LogP contribution is 2.31. The number of hydrogen-bond acceptors (Lipinski definition) is 3. The lowest BCUT2D eigenvalue weighted by Crippen LogP contribution is -1.96. The second-order valence-corrected chi connectivity index (χ2v) is 4.68. The average molecular weight is 278 g/mol. The van der Waals surface area contributed by atoms with Crippen LogP contribution < -0.4 is 4.74 Å². The van der Waals surface area contributed by atoms with Gasteiger partial charge in [0.25, 0.3) is 0 Å². The third kappa shape index (κ3) is 3.25. The highest BCUT2D eigenvalue weighted by atomic mass is 35.5. The maximum Gasteiger partial charge on any atom is 0.148 e. The Morgan fingerprint density at radius 3 is 2.58 bits per heavy atom. The molecule has 0 saturated carbocycles. The molecular weight excluding hydrogens is 262 g/mol. The molecule has 0 fully saturated rings. The van der Waals surface area contributed by atoms with Crippen molar-refractivity contribution in [2.75, 3.05) is 0 Å². The van der Waals surface area contributed by atoms with Crippen molar-refractivity contribution in [2.24, 2.45) is 0 Å². The largest absolute Gasteiger partial charge is 0.454 e. The second-order valence-electron chi connectivity index (χ2n) is 4.28. The number of pyridine rings is 1. The summed E-state index contributed by atoms with van der Waals surface area (Å²) < 4.78 is 5.81. The van der Waals surface area contributed by atoms with Crippen LogP contribution >= 0.6 is 11.6 Å². The van der Waals surface area contributed by atoms with Crippen LogP contribution in [0.15, 0.2) is 30.3 Å². The van der Waals surface area contributed by atoms with Crippen molar-refractivity contribution in [1.82, 2.24) is 4.98 Å². The Bertz CT molecular complexity index is 584. The lowest BCUT2D eigenvalue weighted by molar-refractivity contribution is 0.281. The van der Waals surface area contributed by atoms with E-state index in [0.29, 0.717) is 16.5 Å². The van der Waals surface area contributed by atoms with Crippen LogP contribution in [0.25, 0.3) is 0 Å². The monoisotopic (exact) mass is 277 g/mol. The van der Waals surface area contributed by atoms with E-state index >= 15 is 0 Å². The van der Waals surface area contributed by atoms with Crippen LogP contribution in [-0.2, 0) is 13.0 Å². The maximum absolute atomic E-state index is 9.05. The van der Waals surface area contributed by atoms with Gasteiger partial charge in [-0.25, -0.2) is 0 Å². The van der Waals surface area contributed by atoms with Gasteiger partial charge < -0.3 is 9.84 Å². The van der Waals surface area contributed by atoms with Gasteiger partial charge in [-0.1, -0.05) is 24.6 Å². The Morgan fingerprint density at radius 2 is 1.95 bits per heavy atom. The van der Waals surface area contributed by atoms with Crippen molar-refractivity contribution >= 4 is 11.6 Å². The molecule has 100 valence electrons. The quantitative estimate of drug-likeness (QED) is 0.922. The molecule has 1 aromatic carbocycles. The van der Waals surface area contributed by atoms with E-state index < -0.39 is 0 Å². The zero-order valence-corrected chi connectivity index (χ0v) is 11.7. The van der Waals surface area contributed by atoms with E-state index in [-0.39, 0.29) is 6.61 Å². The lowest BCUT2D eigenvalue weighted by atomic mass is 10.2. The molecule has 2 rings (SSSR count). The van der Waals surface area contributed by atoms with E-state index in [4.69, 9.17) is 21.4 Å². The third-order valence-electron chi connectivity index (χ3n) is 2.81. The molecule has 0 aliphatic heterocycles. The molecule has 3 nitrogen and oxygen atoms in total. The molecule has 19 heavy (non-hydrogen) atoms. The van der Waals surface area contributed by atoms with Crippen LogP contribution in [0.2, 0.25) is 5.02 Å². The summed E-state index contributed by atoms with van der Waals surface area (Å²) in [5.41, 5.74) is 2.63. The number of halogens is 1. The molecule has 0 saturated heterocycles. The van der Waals surface area contributed by atoms with Crippen LogP contribution in [0.5, 0.6) is 11.5 Å². The molecule has 0 aliphatic carbocycles. The molecule has 1 aromatic heterocycles. The zero-order chi connectivity index (χ0) is 13.8. The summed E-state index contributed by atoms with van der Waals surface area (Å²) in [4.78, 5) is 4.44. The Labute approximate surface area is 117 Å². The molecule has 0 aliphatic rings. The second kappa shape index (κ2) is 6.04. The highest BCUT2D eigenvalue weighted by Gasteiger charge is 2.08. The zero-order valence-electron chi connectivity index (χ0n) is 11.0. The molecular formula is C15H16ClNO2. The van der Waals surface area contributed by atoms with Gasteiger partial charge in [-0.15, -0.1) is 0 Å². The number of benzene rings is 1.